The highest BCUT2D eigenvalue weighted by molar-refractivity contribution is 5.68. The van der Waals surface area contributed by atoms with Gasteiger partial charge in [0.15, 0.2) is 0 Å². The first-order valence-corrected chi connectivity index (χ1v) is 3.88. The standard InChI is InChI=1S/C9H11NO3/c1-9(13,6-8(11)12)7-4-2-3-5-10-7/h2-5,13H,6H2,1H3,(H,11,12)/t9-/m0/s1. The Kier molecular flexibility index (Phi) is 2.63. The van der Waals surface area contributed by atoms with E-state index in [4.69, 9.17) is 5.11 Å². The predicted octanol–water partition coefficient (Wildman–Crippen LogP) is 0.764. The summed E-state index contributed by atoms with van der Waals surface area (Å²) in [5.41, 5.74) is -1.02. The van der Waals surface area contributed by atoms with E-state index in [1.807, 2.05) is 0 Å². The minimum absolute atomic E-state index is 0.343. The zero-order valence-corrected chi connectivity index (χ0v) is 7.27. The van der Waals surface area contributed by atoms with Gasteiger partial charge in [0.2, 0.25) is 0 Å². The molecule has 0 fully saturated rings. The van der Waals surface area contributed by atoms with Gasteiger partial charge in [-0.2, -0.15) is 0 Å². The van der Waals surface area contributed by atoms with Crippen LogP contribution in [0.25, 0.3) is 0 Å². The number of aliphatic carboxylic acids is 1. The molecule has 1 heterocycles. The second-order valence-corrected chi connectivity index (χ2v) is 3.06. The van der Waals surface area contributed by atoms with Crippen LogP contribution in [0.5, 0.6) is 0 Å². The van der Waals surface area contributed by atoms with E-state index in [-0.39, 0.29) is 6.42 Å². The highest BCUT2D eigenvalue weighted by Crippen LogP contribution is 2.21. The van der Waals surface area contributed by atoms with Gasteiger partial charge < -0.3 is 10.2 Å². The van der Waals surface area contributed by atoms with E-state index in [2.05, 4.69) is 4.98 Å². The minimum atomic E-state index is -1.40. The molecular weight excluding hydrogens is 170 g/mol. The Bertz CT molecular complexity index is 295. The first-order valence-electron chi connectivity index (χ1n) is 3.88. The Labute approximate surface area is 75.9 Å². The Balaban J connectivity index is 2.87. The lowest BCUT2D eigenvalue weighted by Gasteiger charge is -2.19. The van der Waals surface area contributed by atoms with Crippen LogP contribution in [0.1, 0.15) is 19.0 Å². The van der Waals surface area contributed by atoms with Crippen molar-refractivity contribution < 1.29 is 15.0 Å². The van der Waals surface area contributed by atoms with Crippen LogP contribution in [0.4, 0.5) is 0 Å². The van der Waals surface area contributed by atoms with Crippen molar-refractivity contribution in [3.63, 3.8) is 0 Å². The molecule has 1 atom stereocenters. The van der Waals surface area contributed by atoms with Crippen molar-refractivity contribution in [3.8, 4) is 0 Å². The van der Waals surface area contributed by atoms with Crippen LogP contribution < -0.4 is 0 Å². The monoisotopic (exact) mass is 181 g/mol. The second-order valence-electron chi connectivity index (χ2n) is 3.06. The molecule has 0 saturated carbocycles. The van der Waals surface area contributed by atoms with Gasteiger partial charge >= 0.3 is 5.97 Å². The Morgan fingerprint density at radius 1 is 1.62 bits per heavy atom. The quantitative estimate of drug-likeness (QED) is 0.722. The number of nitrogens with zero attached hydrogens (tertiary/aromatic N) is 1. The van der Waals surface area contributed by atoms with Crippen LogP contribution in [0, 0.1) is 0 Å². The molecule has 0 unspecified atom stereocenters. The van der Waals surface area contributed by atoms with Gasteiger partial charge in [0.1, 0.15) is 5.60 Å². The number of hydrogen-bond donors (Lipinski definition) is 2. The lowest BCUT2D eigenvalue weighted by atomic mass is 9.98. The largest absolute Gasteiger partial charge is 0.481 e. The van der Waals surface area contributed by atoms with Gasteiger partial charge in [-0.05, 0) is 19.1 Å². The third kappa shape index (κ3) is 2.52. The Morgan fingerprint density at radius 3 is 2.77 bits per heavy atom. The summed E-state index contributed by atoms with van der Waals surface area (Å²) >= 11 is 0. The maximum atomic E-state index is 10.4. The summed E-state index contributed by atoms with van der Waals surface area (Å²) in [5, 5.41) is 18.2. The Hall–Kier alpha value is -1.42. The van der Waals surface area contributed by atoms with Crippen molar-refractivity contribution >= 4 is 5.97 Å². The fourth-order valence-corrected chi connectivity index (χ4v) is 1.07. The summed E-state index contributed by atoms with van der Waals surface area (Å²) in [5.74, 6) is -1.05. The molecule has 2 N–H and O–H groups in total. The minimum Gasteiger partial charge on any atom is -0.481 e. The van der Waals surface area contributed by atoms with E-state index in [1.165, 1.54) is 13.1 Å². The normalized spacial score (nSPS) is 14.9. The van der Waals surface area contributed by atoms with Crippen LogP contribution in [0.2, 0.25) is 0 Å². The molecule has 0 aliphatic carbocycles. The van der Waals surface area contributed by atoms with Crippen molar-refractivity contribution in [1.82, 2.24) is 4.98 Å². The predicted molar refractivity (Wildman–Crippen MR) is 46.1 cm³/mol. The number of aromatic nitrogens is 1. The van der Waals surface area contributed by atoms with E-state index < -0.39 is 11.6 Å². The molecule has 70 valence electrons. The molecular formula is C9H11NO3. The molecule has 0 aliphatic rings. The topological polar surface area (TPSA) is 70.4 Å². The van der Waals surface area contributed by atoms with Crippen LogP contribution in [-0.4, -0.2) is 21.2 Å². The molecule has 0 aliphatic heterocycles. The van der Waals surface area contributed by atoms with E-state index in [9.17, 15) is 9.90 Å². The summed E-state index contributed by atoms with van der Waals surface area (Å²) in [6, 6.07) is 5.02. The lowest BCUT2D eigenvalue weighted by Crippen LogP contribution is -2.26. The van der Waals surface area contributed by atoms with Gasteiger partial charge in [-0.1, -0.05) is 6.07 Å². The number of carbonyl (C=O) groups is 1. The first-order chi connectivity index (χ1) is 6.02. The molecule has 0 radical (unpaired) electrons. The summed E-state index contributed by atoms with van der Waals surface area (Å²) in [6.07, 6.45) is 1.18. The smallest absolute Gasteiger partial charge is 0.306 e. The van der Waals surface area contributed by atoms with E-state index in [0.717, 1.165) is 0 Å². The molecule has 1 aromatic rings. The van der Waals surface area contributed by atoms with Gasteiger partial charge in [0.25, 0.3) is 0 Å². The fourth-order valence-electron chi connectivity index (χ4n) is 1.07. The molecule has 0 saturated heterocycles. The maximum Gasteiger partial charge on any atom is 0.306 e. The summed E-state index contributed by atoms with van der Waals surface area (Å²) in [6.45, 7) is 1.43. The highest BCUT2D eigenvalue weighted by Gasteiger charge is 2.27. The van der Waals surface area contributed by atoms with Crippen molar-refractivity contribution in [2.45, 2.75) is 18.9 Å². The van der Waals surface area contributed by atoms with Crippen molar-refractivity contribution in [3.05, 3.63) is 30.1 Å². The fraction of sp³-hybridized carbons (Fsp3) is 0.333. The van der Waals surface area contributed by atoms with E-state index >= 15 is 0 Å². The first kappa shape index (κ1) is 9.67. The molecule has 4 heteroatoms. The molecule has 13 heavy (non-hydrogen) atoms. The van der Waals surface area contributed by atoms with Crippen LogP contribution in [0.15, 0.2) is 24.4 Å². The Morgan fingerprint density at radius 2 is 2.31 bits per heavy atom. The number of carboxylic acid groups (broad SMARTS) is 1. The van der Waals surface area contributed by atoms with Gasteiger partial charge in [-0.25, -0.2) is 0 Å². The van der Waals surface area contributed by atoms with Gasteiger partial charge in [-0.15, -0.1) is 0 Å². The van der Waals surface area contributed by atoms with Crippen molar-refractivity contribution in [2.75, 3.05) is 0 Å². The number of carboxylic acids is 1. The molecule has 0 amide bonds. The number of rotatable bonds is 3. The third-order valence-corrected chi connectivity index (χ3v) is 1.71. The van der Waals surface area contributed by atoms with Crippen LogP contribution in [0.3, 0.4) is 0 Å². The average Bonchev–Trinajstić information content (AvgIpc) is 2.04. The summed E-state index contributed by atoms with van der Waals surface area (Å²) in [7, 11) is 0. The summed E-state index contributed by atoms with van der Waals surface area (Å²) < 4.78 is 0. The maximum absolute atomic E-state index is 10.4. The summed E-state index contributed by atoms with van der Waals surface area (Å²) in [4.78, 5) is 14.3. The lowest BCUT2D eigenvalue weighted by molar-refractivity contribution is -0.142. The van der Waals surface area contributed by atoms with Crippen LogP contribution in [-0.2, 0) is 10.4 Å². The van der Waals surface area contributed by atoms with Crippen molar-refractivity contribution in [2.24, 2.45) is 0 Å². The number of pyridine rings is 1. The SMILES string of the molecule is C[C@](O)(CC(=O)O)c1ccccn1. The highest BCUT2D eigenvalue weighted by atomic mass is 16.4. The molecule has 1 rings (SSSR count). The van der Waals surface area contributed by atoms with E-state index in [1.54, 1.807) is 18.2 Å². The third-order valence-electron chi connectivity index (χ3n) is 1.71. The van der Waals surface area contributed by atoms with Crippen molar-refractivity contribution in [1.29, 1.82) is 0 Å². The van der Waals surface area contributed by atoms with Gasteiger partial charge in [0, 0.05) is 6.20 Å². The molecule has 0 bridgehead atoms. The molecule has 4 nitrogen and oxygen atoms in total. The van der Waals surface area contributed by atoms with Gasteiger partial charge in [-0.3, -0.25) is 9.78 Å². The number of aliphatic hydroxyl groups is 1. The average molecular weight is 181 g/mol. The zero-order chi connectivity index (χ0) is 9.90. The number of hydrogen-bond acceptors (Lipinski definition) is 3. The molecule has 0 spiro atoms. The van der Waals surface area contributed by atoms with E-state index in [0.29, 0.717) is 5.69 Å². The zero-order valence-electron chi connectivity index (χ0n) is 7.27. The van der Waals surface area contributed by atoms with Crippen LogP contribution >= 0.6 is 0 Å². The second kappa shape index (κ2) is 3.53. The molecule has 1 aromatic heterocycles. The van der Waals surface area contributed by atoms with Gasteiger partial charge in [0.05, 0.1) is 12.1 Å². The molecule has 0 aromatic carbocycles.